The van der Waals surface area contributed by atoms with Crippen molar-refractivity contribution in [1.29, 1.82) is 0 Å². The van der Waals surface area contributed by atoms with E-state index in [1.165, 1.54) is 18.2 Å². The van der Waals surface area contributed by atoms with E-state index in [1.54, 1.807) is 12.1 Å². The molecule has 2 rings (SSSR count). The Morgan fingerprint density at radius 3 is 2.61 bits per heavy atom. The van der Waals surface area contributed by atoms with E-state index in [-0.39, 0.29) is 11.7 Å². The molecule has 1 aromatic carbocycles. The molecule has 2 nitrogen and oxygen atoms in total. The first kappa shape index (κ1) is 12.8. The molecule has 0 spiro atoms. The van der Waals surface area contributed by atoms with Crippen LogP contribution in [-0.4, -0.2) is 11.1 Å². The lowest BCUT2D eigenvalue weighted by atomic mass is 9.87. The standard InChI is InChI=1S/C15H17FO2/c16-13-8-6-11(7-9-13)14-5-3-1-2-4-12(14)10-15(17)18/h6-10,14H,1-5H2,(H,17,18)/b12-10+. The minimum atomic E-state index is -0.890. The molecule has 1 atom stereocenters. The number of rotatable bonds is 2. The number of carboxylic acids is 1. The number of allylic oxidation sites excluding steroid dienone is 1. The van der Waals surface area contributed by atoms with Gasteiger partial charge in [-0.3, -0.25) is 0 Å². The summed E-state index contributed by atoms with van der Waals surface area (Å²) in [7, 11) is 0. The molecule has 18 heavy (non-hydrogen) atoms. The molecule has 1 aromatic rings. The van der Waals surface area contributed by atoms with Crippen LogP contribution in [0.2, 0.25) is 0 Å². The van der Waals surface area contributed by atoms with E-state index in [0.717, 1.165) is 43.2 Å². The van der Waals surface area contributed by atoms with Crippen LogP contribution in [0.5, 0.6) is 0 Å². The van der Waals surface area contributed by atoms with Crippen LogP contribution < -0.4 is 0 Å². The van der Waals surface area contributed by atoms with E-state index in [1.807, 2.05) is 0 Å². The van der Waals surface area contributed by atoms with Gasteiger partial charge >= 0.3 is 5.97 Å². The van der Waals surface area contributed by atoms with Gasteiger partial charge in [-0.05, 0) is 37.0 Å². The monoisotopic (exact) mass is 248 g/mol. The quantitative estimate of drug-likeness (QED) is 0.637. The molecule has 0 radical (unpaired) electrons. The maximum Gasteiger partial charge on any atom is 0.328 e. The van der Waals surface area contributed by atoms with Crippen molar-refractivity contribution in [3.8, 4) is 0 Å². The fraction of sp³-hybridized carbons (Fsp3) is 0.400. The molecule has 1 saturated carbocycles. The van der Waals surface area contributed by atoms with Gasteiger partial charge < -0.3 is 5.11 Å². The summed E-state index contributed by atoms with van der Waals surface area (Å²) >= 11 is 0. The van der Waals surface area contributed by atoms with Gasteiger partial charge in [0, 0.05) is 12.0 Å². The number of halogens is 1. The van der Waals surface area contributed by atoms with Crippen molar-refractivity contribution in [1.82, 2.24) is 0 Å². The van der Waals surface area contributed by atoms with Gasteiger partial charge in [0.05, 0.1) is 0 Å². The third kappa shape index (κ3) is 3.19. The number of carboxylic acid groups (broad SMARTS) is 1. The van der Waals surface area contributed by atoms with E-state index in [2.05, 4.69) is 0 Å². The first-order valence-electron chi connectivity index (χ1n) is 6.35. The summed E-state index contributed by atoms with van der Waals surface area (Å²) in [6, 6.07) is 6.42. The fourth-order valence-electron chi connectivity index (χ4n) is 2.62. The minimum Gasteiger partial charge on any atom is -0.478 e. The molecular weight excluding hydrogens is 231 g/mol. The fourth-order valence-corrected chi connectivity index (χ4v) is 2.62. The average Bonchev–Trinajstić information content (AvgIpc) is 2.55. The molecular formula is C15H17FO2. The first-order valence-corrected chi connectivity index (χ1v) is 6.35. The van der Waals surface area contributed by atoms with Crippen LogP contribution in [0.4, 0.5) is 4.39 Å². The summed E-state index contributed by atoms with van der Waals surface area (Å²) in [5.41, 5.74) is 1.98. The Hall–Kier alpha value is -1.64. The molecule has 1 fully saturated rings. The highest BCUT2D eigenvalue weighted by molar-refractivity contribution is 5.81. The van der Waals surface area contributed by atoms with E-state index in [0.29, 0.717) is 0 Å². The molecule has 1 aliphatic carbocycles. The van der Waals surface area contributed by atoms with Crippen LogP contribution in [0, 0.1) is 5.82 Å². The number of carbonyl (C=O) groups is 1. The summed E-state index contributed by atoms with van der Waals surface area (Å²) in [6.45, 7) is 0. The largest absolute Gasteiger partial charge is 0.478 e. The van der Waals surface area contributed by atoms with Gasteiger partial charge in [-0.2, -0.15) is 0 Å². The summed E-state index contributed by atoms with van der Waals surface area (Å²) < 4.78 is 12.9. The second kappa shape index (κ2) is 5.80. The van der Waals surface area contributed by atoms with Gasteiger partial charge in [0.1, 0.15) is 5.82 Å². The highest BCUT2D eigenvalue weighted by atomic mass is 19.1. The molecule has 1 aliphatic rings. The minimum absolute atomic E-state index is 0.129. The van der Waals surface area contributed by atoms with Crippen molar-refractivity contribution >= 4 is 5.97 Å². The lowest BCUT2D eigenvalue weighted by molar-refractivity contribution is -0.131. The third-order valence-electron chi connectivity index (χ3n) is 3.49. The Bertz CT molecular complexity index is 448. The maximum atomic E-state index is 12.9. The van der Waals surface area contributed by atoms with Crippen molar-refractivity contribution in [2.75, 3.05) is 0 Å². The van der Waals surface area contributed by atoms with Crippen LogP contribution in [0.25, 0.3) is 0 Å². The van der Waals surface area contributed by atoms with Gasteiger partial charge in [-0.1, -0.05) is 30.5 Å². The Morgan fingerprint density at radius 1 is 1.22 bits per heavy atom. The smallest absolute Gasteiger partial charge is 0.328 e. The zero-order valence-electron chi connectivity index (χ0n) is 10.2. The van der Waals surface area contributed by atoms with Crippen LogP contribution in [0.3, 0.4) is 0 Å². The lowest BCUT2D eigenvalue weighted by Gasteiger charge is -2.18. The van der Waals surface area contributed by atoms with E-state index in [4.69, 9.17) is 5.11 Å². The average molecular weight is 248 g/mol. The van der Waals surface area contributed by atoms with Crippen LogP contribution >= 0.6 is 0 Å². The molecule has 0 heterocycles. The third-order valence-corrected chi connectivity index (χ3v) is 3.49. The number of hydrogen-bond donors (Lipinski definition) is 1. The Labute approximate surface area is 106 Å². The molecule has 1 N–H and O–H groups in total. The summed E-state index contributed by atoms with van der Waals surface area (Å²) in [6.07, 6.45) is 6.38. The number of hydrogen-bond acceptors (Lipinski definition) is 1. The van der Waals surface area contributed by atoms with Crippen molar-refractivity contribution < 1.29 is 14.3 Å². The van der Waals surface area contributed by atoms with Crippen molar-refractivity contribution in [3.63, 3.8) is 0 Å². The van der Waals surface area contributed by atoms with Crippen LogP contribution in [-0.2, 0) is 4.79 Å². The Morgan fingerprint density at radius 2 is 1.94 bits per heavy atom. The molecule has 0 saturated heterocycles. The molecule has 96 valence electrons. The number of benzene rings is 1. The summed E-state index contributed by atoms with van der Waals surface area (Å²) in [5.74, 6) is -1.01. The van der Waals surface area contributed by atoms with Crippen LogP contribution in [0.1, 0.15) is 43.6 Å². The number of aliphatic carboxylic acids is 1. The molecule has 0 aromatic heterocycles. The van der Waals surface area contributed by atoms with Gasteiger partial charge in [0.2, 0.25) is 0 Å². The Balaban J connectivity index is 2.30. The lowest BCUT2D eigenvalue weighted by Crippen LogP contribution is -2.04. The summed E-state index contributed by atoms with van der Waals surface area (Å²) in [5, 5.41) is 8.93. The van der Waals surface area contributed by atoms with Crippen molar-refractivity contribution in [2.24, 2.45) is 0 Å². The van der Waals surface area contributed by atoms with Gasteiger partial charge in [-0.15, -0.1) is 0 Å². The molecule has 1 unspecified atom stereocenters. The van der Waals surface area contributed by atoms with Crippen LogP contribution in [0.15, 0.2) is 35.9 Å². The molecule has 0 amide bonds. The van der Waals surface area contributed by atoms with E-state index in [9.17, 15) is 9.18 Å². The van der Waals surface area contributed by atoms with E-state index >= 15 is 0 Å². The molecule has 0 aliphatic heterocycles. The van der Waals surface area contributed by atoms with Gasteiger partial charge in [-0.25, -0.2) is 9.18 Å². The van der Waals surface area contributed by atoms with Gasteiger partial charge in [0.15, 0.2) is 0 Å². The Kier molecular flexibility index (Phi) is 4.13. The molecule has 3 heteroatoms. The zero-order chi connectivity index (χ0) is 13.0. The first-order chi connectivity index (χ1) is 8.66. The van der Waals surface area contributed by atoms with E-state index < -0.39 is 5.97 Å². The maximum absolute atomic E-state index is 12.9. The van der Waals surface area contributed by atoms with Crippen molar-refractivity contribution in [2.45, 2.75) is 38.0 Å². The zero-order valence-corrected chi connectivity index (χ0v) is 10.2. The molecule has 0 bridgehead atoms. The highest BCUT2D eigenvalue weighted by Crippen LogP contribution is 2.36. The second-order valence-electron chi connectivity index (χ2n) is 4.76. The SMILES string of the molecule is O=C(O)/C=C1\CCCCCC1c1ccc(F)cc1. The second-order valence-corrected chi connectivity index (χ2v) is 4.76. The predicted octanol–water partition coefficient (Wildman–Crippen LogP) is 3.88. The summed E-state index contributed by atoms with van der Waals surface area (Å²) in [4.78, 5) is 10.9. The highest BCUT2D eigenvalue weighted by Gasteiger charge is 2.20. The van der Waals surface area contributed by atoms with Crippen molar-refractivity contribution in [3.05, 3.63) is 47.3 Å². The topological polar surface area (TPSA) is 37.3 Å². The van der Waals surface area contributed by atoms with Gasteiger partial charge in [0.25, 0.3) is 0 Å². The normalized spacial score (nSPS) is 22.7. The predicted molar refractivity (Wildman–Crippen MR) is 67.9 cm³/mol.